The third-order valence-electron chi connectivity index (χ3n) is 4.24. The van der Waals surface area contributed by atoms with E-state index >= 15 is 0 Å². The van der Waals surface area contributed by atoms with Gasteiger partial charge in [-0.25, -0.2) is 14.2 Å². The number of ether oxygens (including phenoxy) is 1. The first-order valence-corrected chi connectivity index (χ1v) is 8.73. The van der Waals surface area contributed by atoms with Crippen molar-refractivity contribution in [3.05, 3.63) is 54.1 Å². The molecule has 0 aliphatic carbocycles. The van der Waals surface area contributed by atoms with Crippen molar-refractivity contribution in [1.29, 1.82) is 0 Å². The lowest BCUT2D eigenvalue weighted by Gasteiger charge is -2.16. The molecule has 2 aromatic heterocycles. The number of nitrogen functional groups attached to an aromatic ring is 1. The summed E-state index contributed by atoms with van der Waals surface area (Å²) in [6, 6.07) is 8.82. The van der Waals surface area contributed by atoms with Crippen LogP contribution in [0.1, 0.15) is 36.2 Å². The van der Waals surface area contributed by atoms with Crippen molar-refractivity contribution in [2.45, 2.75) is 25.8 Å². The molecule has 9 heteroatoms. The van der Waals surface area contributed by atoms with Crippen LogP contribution < -0.4 is 10.5 Å². The molecule has 0 amide bonds. The average Bonchev–Trinajstić information content (AvgIpc) is 3.16. The van der Waals surface area contributed by atoms with E-state index in [-0.39, 0.29) is 17.4 Å². The van der Waals surface area contributed by atoms with Crippen LogP contribution >= 0.6 is 0 Å². The number of carboxylic acids is 1. The monoisotopic (exact) mass is 385 g/mol. The third-order valence-corrected chi connectivity index (χ3v) is 4.24. The number of carboxylic acid groups (broad SMARTS) is 1. The van der Waals surface area contributed by atoms with E-state index in [1.165, 1.54) is 12.1 Å². The summed E-state index contributed by atoms with van der Waals surface area (Å²) in [6.07, 6.45) is 3.02. The first kappa shape index (κ1) is 19.3. The lowest BCUT2D eigenvalue weighted by Crippen LogP contribution is -2.10. The summed E-state index contributed by atoms with van der Waals surface area (Å²) in [5, 5.41) is 17.2. The number of carbonyl (C=O) groups is 1. The summed E-state index contributed by atoms with van der Waals surface area (Å²) in [5.41, 5.74) is 6.18. The van der Waals surface area contributed by atoms with Gasteiger partial charge in [-0.3, -0.25) is 0 Å². The minimum Gasteiger partial charge on any atom is -0.493 e. The molecule has 28 heavy (non-hydrogen) atoms. The molecular weight excluding hydrogens is 365 g/mol. The fraction of sp³-hybridized carbons (Fsp3) is 0.263. The lowest BCUT2D eigenvalue weighted by molar-refractivity contribution is 0.0691. The van der Waals surface area contributed by atoms with Gasteiger partial charge in [0.15, 0.2) is 5.82 Å². The minimum absolute atomic E-state index is 0.0593. The molecular formula is C19H20FN5O3. The number of anilines is 1. The molecule has 8 nitrogen and oxygen atoms in total. The number of benzene rings is 1. The van der Waals surface area contributed by atoms with E-state index in [0.29, 0.717) is 30.4 Å². The smallest absolute Gasteiger partial charge is 0.339 e. The van der Waals surface area contributed by atoms with E-state index in [0.717, 1.165) is 12.5 Å². The molecule has 1 aromatic carbocycles. The number of hydrogen-bond acceptors (Lipinski definition) is 6. The van der Waals surface area contributed by atoms with Crippen molar-refractivity contribution >= 4 is 11.8 Å². The van der Waals surface area contributed by atoms with E-state index in [9.17, 15) is 9.18 Å². The normalized spacial score (nSPS) is 11.9. The third kappa shape index (κ3) is 4.43. The van der Waals surface area contributed by atoms with Crippen LogP contribution in [0.3, 0.4) is 0 Å². The molecule has 1 unspecified atom stereocenters. The van der Waals surface area contributed by atoms with Crippen LogP contribution in [-0.4, -0.2) is 37.4 Å². The second-order valence-electron chi connectivity index (χ2n) is 6.29. The van der Waals surface area contributed by atoms with Gasteiger partial charge in [-0.15, -0.1) is 10.2 Å². The fourth-order valence-electron chi connectivity index (χ4n) is 2.82. The SMILES string of the molecule is CC(CCCOc1ccc(F)cc1C(=O)O)n1cnnc1-c1cccc(N)n1. The number of rotatable bonds is 8. The van der Waals surface area contributed by atoms with E-state index in [4.69, 9.17) is 15.6 Å². The van der Waals surface area contributed by atoms with E-state index in [1.54, 1.807) is 18.5 Å². The van der Waals surface area contributed by atoms with Crippen LogP contribution in [0.4, 0.5) is 10.2 Å². The van der Waals surface area contributed by atoms with Gasteiger partial charge in [0.05, 0.1) is 6.61 Å². The van der Waals surface area contributed by atoms with Gasteiger partial charge in [0, 0.05) is 6.04 Å². The maximum atomic E-state index is 13.2. The Morgan fingerprint density at radius 2 is 2.18 bits per heavy atom. The second kappa shape index (κ2) is 8.47. The highest BCUT2D eigenvalue weighted by Crippen LogP contribution is 2.23. The Morgan fingerprint density at radius 3 is 2.93 bits per heavy atom. The first-order valence-electron chi connectivity index (χ1n) is 8.73. The summed E-state index contributed by atoms with van der Waals surface area (Å²) in [4.78, 5) is 15.5. The zero-order valence-electron chi connectivity index (χ0n) is 15.2. The van der Waals surface area contributed by atoms with Gasteiger partial charge < -0.3 is 20.1 Å². The fourth-order valence-corrected chi connectivity index (χ4v) is 2.82. The number of nitrogens with two attached hydrogens (primary N) is 1. The molecule has 146 valence electrons. The van der Waals surface area contributed by atoms with Gasteiger partial charge in [-0.05, 0) is 50.1 Å². The predicted molar refractivity (Wildman–Crippen MR) is 100 cm³/mol. The summed E-state index contributed by atoms with van der Waals surface area (Å²) in [5.74, 6) is -0.676. The average molecular weight is 385 g/mol. The molecule has 0 saturated heterocycles. The van der Waals surface area contributed by atoms with Crippen LogP contribution in [0.5, 0.6) is 5.75 Å². The number of aromatic carboxylic acids is 1. The summed E-state index contributed by atoms with van der Waals surface area (Å²) in [7, 11) is 0. The largest absolute Gasteiger partial charge is 0.493 e. The molecule has 0 aliphatic heterocycles. The number of halogens is 1. The number of hydrogen-bond donors (Lipinski definition) is 2. The van der Waals surface area contributed by atoms with E-state index in [1.807, 2.05) is 17.6 Å². The van der Waals surface area contributed by atoms with Crippen LogP contribution in [-0.2, 0) is 0 Å². The Labute approximate surface area is 160 Å². The lowest BCUT2D eigenvalue weighted by atomic mass is 10.1. The quantitative estimate of drug-likeness (QED) is 0.572. The van der Waals surface area contributed by atoms with E-state index < -0.39 is 11.8 Å². The Balaban J connectivity index is 1.60. The van der Waals surface area contributed by atoms with Gasteiger partial charge in [-0.2, -0.15) is 0 Å². The van der Waals surface area contributed by atoms with Gasteiger partial charge in [-0.1, -0.05) is 6.07 Å². The van der Waals surface area contributed by atoms with Crippen molar-refractivity contribution in [3.63, 3.8) is 0 Å². The highest BCUT2D eigenvalue weighted by atomic mass is 19.1. The summed E-state index contributed by atoms with van der Waals surface area (Å²) < 4.78 is 20.7. The van der Waals surface area contributed by atoms with Crippen molar-refractivity contribution in [3.8, 4) is 17.3 Å². The van der Waals surface area contributed by atoms with Crippen molar-refractivity contribution in [2.24, 2.45) is 0 Å². The van der Waals surface area contributed by atoms with E-state index in [2.05, 4.69) is 15.2 Å². The van der Waals surface area contributed by atoms with Crippen LogP contribution in [0.2, 0.25) is 0 Å². The first-order chi connectivity index (χ1) is 13.5. The van der Waals surface area contributed by atoms with Crippen LogP contribution in [0.25, 0.3) is 11.5 Å². The van der Waals surface area contributed by atoms with Crippen molar-refractivity contribution < 1.29 is 19.0 Å². The molecule has 0 bridgehead atoms. The second-order valence-corrected chi connectivity index (χ2v) is 6.29. The van der Waals surface area contributed by atoms with Crippen LogP contribution in [0.15, 0.2) is 42.7 Å². The van der Waals surface area contributed by atoms with Crippen molar-refractivity contribution in [1.82, 2.24) is 19.7 Å². The number of pyridine rings is 1. The summed E-state index contributed by atoms with van der Waals surface area (Å²) in [6.45, 7) is 2.31. The number of nitrogens with zero attached hydrogens (tertiary/aromatic N) is 4. The molecule has 3 N–H and O–H groups in total. The molecule has 3 rings (SSSR count). The molecule has 3 aromatic rings. The van der Waals surface area contributed by atoms with Gasteiger partial charge >= 0.3 is 5.97 Å². The van der Waals surface area contributed by atoms with Gasteiger partial charge in [0.25, 0.3) is 0 Å². The maximum Gasteiger partial charge on any atom is 0.339 e. The maximum absolute atomic E-state index is 13.2. The Kier molecular flexibility index (Phi) is 5.83. The molecule has 0 fully saturated rings. The van der Waals surface area contributed by atoms with Crippen LogP contribution in [0, 0.1) is 5.82 Å². The molecule has 0 aliphatic rings. The number of aromatic nitrogens is 4. The minimum atomic E-state index is -1.23. The molecule has 0 radical (unpaired) electrons. The predicted octanol–water partition coefficient (Wildman–Crippen LogP) is 3.18. The van der Waals surface area contributed by atoms with Crippen molar-refractivity contribution in [2.75, 3.05) is 12.3 Å². The molecule has 2 heterocycles. The molecule has 1 atom stereocenters. The zero-order valence-corrected chi connectivity index (χ0v) is 15.2. The highest BCUT2D eigenvalue weighted by molar-refractivity contribution is 5.90. The Bertz CT molecular complexity index is 976. The Morgan fingerprint density at radius 1 is 1.36 bits per heavy atom. The Hall–Kier alpha value is -3.49. The van der Waals surface area contributed by atoms with Gasteiger partial charge in [0.2, 0.25) is 0 Å². The zero-order chi connectivity index (χ0) is 20.1. The molecule has 0 spiro atoms. The molecule has 0 saturated carbocycles. The highest BCUT2D eigenvalue weighted by Gasteiger charge is 2.15. The topological polar surface area (TPSA) is 116 Å². The standard InChI is InChI=1S/C19H20FN5O3/c1-12(25-11-22-24-18(25)15-5-2-6-17(21)23-15)4-3-9-28-16-8-7-13(20)10-14(16)19(26)27/h2,5-8,10-12H,3-4,9H2,1H3,(H2,21,23)(H,26,27). The summed E-state index contributed by atoms with van der Waals surface area (Å²) >= 11 is 0. The van der Waals surface area contributed by atoms with Gasteiger partial charge in [0.1, 0.15) is 35.0 Å².